The van der Waals surface area contributed by atoms with Crippen molar-refractivity contribution in [1.82, 2.24) is 10.2 Å². The summed E-state index contributed by atoms with van der Waals surface area (Å²) in [6.07, 6.45) is 1.26. The molecule has 0 bridgehead atoms. The number of primary amides is 1. The van der Waals surface area contributed by atoms with Crippen LogP contribution >= 0.6 is 0 Å². The van der Waals surface area contributed by atoms with Gasteiger partial charge < -0.3 is 42.6 Å². The van der Waals surface area contributed by atoms with E-state index in [1.807, 2.05) is 0 Å². The molecule has 0 aromatic carbocycles. The number of carbonyl (C=O) groups excluding carboxylic acids is 2. The molecule has 11 nitrogen and oxygen atoms in total. The van der Waals surface area contributed by atoms with Crippen LogP contribution in [0, 0.1) is 5.92 Å². The van der Waals surface area contributed by atoms with Crippen molar-refractivity contribution in [2.45, 2.75) is 43.6 Å². The molecular formula is C14H28BN5O6. The zero-order chi connectivity index (χ0) is 19.9. The molecule has 3 atom stereocenters. The van der Waals surface area contributed by atoms with Crippen LogP contribution in [0.3, 0.4) is 0 Å². The first-order valence-electron chi connectivity index (χ1n) is 8.51. The summed E-state index contributed by atoms with van der Waals surface area (Å²) >= 11 is 0. The minimum atomic E-state index is -1.60. The smallest absolute Gasteiger partial charge is 0.451 e. The molecule has 148 valence electrons. The Morgan fingerprint density at radius 1 is 1.35 bits per heavy atom. The fourth-order valence-electron chi connectivity index (χ4n) is 3.15. The van der Waals surface area contributed by atoms with Crippen molar-refractivity contribution in [3.63, 3.8) is 0 Å². The minimum absolute atomic E-state index is 0.0627. The largest absolute Gasteiger partial charge is 0.480 e. The first-order valence-corrected chi connectivity index (χ1v) is 8.51. The van der Waals surface area contributed by atoms with Gasteiger partial charge in [-0.15, -0.1) is 0 Å². The maximum Gasteiger partial charge on any atom is 0.451 e. The summed E-state index contributed by atoms with van der Waals surface area (Å²) in [4.78, 5) is 36.0. The Morgan fingerprint density at radius 3 is 2.54 bits per heavy atom. The molecule has 3 amide bonds. The number of likely N-dealkylation sites (tertiary alicyclic amines) is 1. The van der Waals surface area contributed by atoms with E-state index >= 15 is 0 Å². The standard InChI is InChI=1S/C14H28BN5O6/c16-10(2-1-5-19-13(17)24)11(21)20-7-9(3-4-15(25)26)6-14(18,8-20)12(22)23/h9-10,25-26H,1-8,16,18H2,(H,22,23)(H3,17,19,24)/t9-,10-,14+/m0/s1. The number of nitrogens with two attached hydrogens (primary N) is 3. The molecule has 1 heterocycles. The summed E-state index contributed by atoms with van der Waals surface area (Å²) in [6, 6.07) is -1.52. The number of aliphatic carboxylic acids is 1. The summed E-state index contributed by atoms with van der Waals surface area (Å²) in [7, 11) is -1.50. The van der Waals surface area contributed by atoms with E-state index in [4.69, 9.17) is 27.2 Å². The van der Waals surface area contributed by atoms with Crippen molar-refractivity contribution in [2.24, 2.45) is 23.1 Å². The van der Waals surface area contributed by atoms with Crippen molar-refractivity contribution >= 4 is 25.0 Å². The number of carboxylic acid groups (broad SMARTS) is 1. The van der Waals surface area contributed by atoms with Gasteiger partial charge in [-0.25, -0.2) is 4.79 Å². The van der Waals surface area contributed by atoms with Crippen molar-refractivity contribution in [2.75, 3.05) is 19.6 Å². The Hall–Kier alpha value is -1.89. The lowest BCUT2D eigenvalue weighted by molar-refractivity contribution is -0.149. The van der Waals surface area contributed by atoms with Crippen LogP contribution in [-0.4, -0.2) is 76.3 Å². The molecule has 1 fully saturated rings. The Balaban J connectivity index is 2.69. The van der Waals surface area contributed by atoms with Crippen LogP contribution in [0.15, 0.2) is 0 Å². The average molecular weight is 373 g/mol. The van der Waals surface area contributed by atoms with E-state index in [9.17, 15) is 19.5 Å². The van der Waals surface area contributed by atoms with Crippen LogP contribution in [0.2, 0.25) is 6.32 Å². The summed E-state index contributed by atoms with van der Waals surface area (Å²) in [5.74, 6) is -1.92. The summed E-state index contributed by atoms with van der Waals surface area (Å²) < 4.78 is 0. The second kappa shape index (κ2) is 9.71. The number of carbonyl (C=O) groups is 3. The summed E-state index contributed by atoms with van der Waals surface area (Å²) in [5, 5.41) is 29.8. The van der Waals surface area contributed by atoms with E-state index in [-0.39, 0.29) is 38.3 Å². The maximum atomic E-state index is 12.6. The number of rotatable bonds is 9. The van der Waals surface area contributed by atoms with Crippen LogP contribution in [-0.2, 0) is 9.59 Å². The molecule has 0 radical (unpaired) electrons. The maximum absolute atomic E-state index is 12.6. The van der Waals surface area contributed by atoms with E-state index in [2.05, 4.69) is 5.32 Å². The van der Waals surface area contributed by atoms with Gasteiger partial charge in [0.25, 0.3) is 0 Å². The van der Waals surface area contributed by atoms with Crippen molar-refractivity contribution < 1.29 is 29.5 Å². The summed E-state index contributed by atoms with van der Waals surface area (Å²) in [5.41, 5.74) is 15.2. The fourth-order valence-corrected chi connectivity index (χ4v) is 3.15. The van der Waals surface area contributed by atoms with E-state index in [1.165, 1.54) is 4.90 Å². The van der Waals surface area contributed by atoms with Gasteiger partial charge in [0.05, 0.1) is 6.04 Å². The Labute approximate surface area is 152 Å². The van der Waals surface area contributed by atoms with E-state index in [1.54, 1.807) is 0 Å². The highest BCUT2D eigenvalue weighted by atomic mass is 16.4. The van der Waals surface area contributed by atoms with Crippen LogP contribution in [0.1, 0.15) is 25.7 Å². The monoisotopic (exact) mass is 373 g/mol. The summed E-state index contributed by atoms with van der Waals surface area (Å²) in [6.45, 7) is 0.376. The lowest BCUT2D eigenvalue weighted by Crippen LogP contribution is -2.64. The van der Waals surface area contributed by atoms with Crippen molar-refractivity contribution in [1.29, 1.82) is 0 Å². The number of nitrogens with zero attached hydrogens (tertiary/aromatic N) is 1. The molecular weight excluding hydrogens is 345 g/mol. The predicted octanol–water partition coefficient (Wildman–Crippen LogP) is -2.74. The molecule has 26 heavy (non-hydrogen) atoms. The quantitative estimate of drug-likeness (QED) is 0.166. The zero-order valence-corrected chi connectivity index (χ0v) is 14.6. The fraction of sp³-hybridized carbons (Fsp3) is 0.786. The van der Waals surface area contributed by atoms with E-state index in [0.717, 1.165) is 0 Å². The molecule has 0 aromatic rings. The van der Waals surface area contributed by atoms with Gasteiger partial charge in [0.2, 0.25) is 5.91 Å². The van der Waals surface area contributed by atoms with Gasteiger partial charge in [-0.05, 0) is 31.5 Å². The molecule has 0 aliphatic carbocycles. The van der Waals surface area contributed by atoms with Crippen molar-refractivity contribution in [3.8, 4) is 0 Å². The van der Waals surface area contributed by atoms with Gasteiger partial charge in [0.15, 0.2) is 0 Å². The normalized spacial score (nSPS) is 24.0. The van der Waals surface area contributed by atoms with E-state index in [0.29, 0.717) is 19.3 Å². The van der Waals surface area contributed by atoms with Gasteiger partial charge in [-0.3, -0.25) is 9.59 Å². The Morgan fingerprint density at radius 2 is 2.00 bits per heavy atom. The molecule has 1 saturated heterocycles. The van der Waals surface area contributed by atoms with Crippen LogP contribution in [0.5, 0.6) is 0 Å². The highest BCUT2D eigenvalue weighted by Gasteiger charge is 2.44. The average Bonchev–Trinajstić information content (AvgIpc) is 2.55. The molecule has 12 heteroatoms. The van der Waals surface area contributed by atoms with Gasteiger partial charge in [0.1, 0.15) is 5.54 Å². The topological polar surface area (TPSA) is 205 Å². The number of hydrogen-bond donors (Lipinski definition) is 7. The first kappa shape index (κ1) is 22.2. The highest BCUT2D eigenvalue weighted by Crippen LogP contribution is 2.28. The predicted molar refractivity (Wildman–Crippen MR) is 93.7 cm³/mol. The van der Waals surface area contributed by atoms with Crippen LogP contribution < -0.4 is 22.5 Å². The number of amides is 3. The Kier molecular flexibility index (Phi) is 8.28. The molecule has 0 spiro atoms. The third kappa shape index (κ3) is 6.79. The Bertz CT molecular complexity index is 522. The third-order valence-corrected chi connectivity index (χ3v) is 4.48. The van der Waals surface area contributed by atoms with Gasteiger partial charge in [-0.2, -0.15) is 0 Å². The van der Waals surface area contributed by atoms with Crippen LogP contribution in [0.4, 0.5) is 4.79 Å². The minimum Gasteiger partial charge on any atom is -0.480 e. The SMILES string of the molecule is NC(=O)NCCC[C@H](N)C(=O)N1C[C@@H](CCB(O)O)C[C@](N)(C(=O)O)C1. The number of urea groups is 1. The zero-order valence-electron chi connectivity index (χ0n) is 14.6. The second-order valence-electron chi connectivity index (χ2n) is 6.85. The molecule has 1 aliphatic rings. The lowest BCUT2D eigenvalue weighted by atomic mass is 9.75. The molecule has 1 aliphatic heterocycles. The number of piperidine rings is 1. The second-order valence-corrected chi connectivity index (χ2v) is 6.85. The number of nitrogens with one attached hydrogen (secondary N) is 1. The van der Waals surface area contributed by atoms with Gasteiger partial charge in [-0.1, -0.05) is 6.42 Å². The van der Waals surface area contributed by atoms with Crippen LogP contribution in [0.25, 0.3) is 0 Å². The molecule has 0 unspecified atom stereocenters. The molecule has 10 N–H and O–H groups in total. The molecule has 0 saturated carbocycles. The lowest BCUT2D eigenvalue weighted by Gasteiger charge is -2.42. The highest BCUT2D eigenvalue weighted by molar-refractivity contribution is 6.40. The number of hydrogen-bond acceptors (Lipinski definition) is 7. The molecule has 0 aromatic heterocycles. The number of carboxylic acids is 1. The first-order chi connectivity index (χ1) is 12.0. The van der Waals surface area contributed by atoms with E-state index < -0.39 is 36.6 Å². The third-order valence-electron chi connectivity index (χ3n) is 4.48. The van der Waals surface area contributed by atoms with Gasteiger partial charge in [0, 0.05) is 19.6 Å². The van der Waals surface area contributed by atoms with Crippen molar-refractivity contribution in [3.05, 3.63) is 0 Å². The molecule has 1 rings (SSSR count). The van der Waals surface area contributed by atoms with Gasteiger partial charge >= 0.3 is 19.1 Å².